The number of fused-ring (bicyclic) bond motifs is 1. The highest BCUT2D eigenvalue weighted by Gasteiger charge is 2.37. The molecule has 1 saturated heterocycles. The van der Waals surface area contributed by atoms with Crippen molar-refractivity contribution in [2.45, 2.75) is 45.4 Å². The lowest BCUT2D eigenvalue weighted by molar-refractivity contribution is -0.126. The van der Waals surface area contributed by atoms with Gasteiger partial charge in [0.1, 0.15) is 0 Å². The molecule has 35 heavy (non-hydrogen) atoms. The van der Waals surface area contributed by atoms with E-state index in [1.807, 2.05) is 49.0 Å². The third-order valence-corrected chi connectivity index (χ3v) is 6.58. The van der Waals surface area contributed by atoms with Gasteiger partial charge in [-0.25, -0.2) is 0 Å². The zero-order chi connectivity index (χ0) is 24.9. The van der Waals surface area contributed by atoms with Crippen molar-refractivity contribution in [2.75, 3.05) is 43.9 Å². The molecule has 0 saturated carbocycles. The maximum Gasteiger partial charge on any atom is 0.254 e. The Bertz CT molecular complexity index is 1100. The van der Waals surface area contributed by atoms with Gasteiger partial charge in [0.25, 0.3) is 5.91 Å². The molecule has 0 radical (unpaired) electrons. The lowest BCUT2D eigenvalue weighted by Gasteiger charge is -2.37. The number of benzene rings is 1. The molecule has 2 atom stereocenters. The van der Waals surface area contributed by atoms with E-state index in [9.17, 15) is 9.59 Å². The number of aromatic nitrogens is 1. The molecular weight excluding hydrogens is 440 g/mol. The molecule has 0 spiro atoms. The van der Waals surface area contributed by atoms with Gasteiger partial charge in [-0.05, 0) is 71.0 Å². The van der Waals surface area contributed by atoms with Crippen LogP contribution in [0.25, 0.3) is 0 Å². The second-order valence-electron chi connectivity index (χ2n) is 9.68. The molecule has 2 amide bonds. The molecule has 2 aliphatic heterocycles. The standard InChI is InChI=1S/C27H36N6O2/c1-19-9-7-11-23-25(19)33(27(29-23)30-26(35)21-13-14-28-20(2)17-21)22-10-5-6-16-32(18-22)24(34)12-8-15-31(3)4/h7-9,11-14,17,22,27,29H,5-6,10,15-16,18H2,1-4H3,(H,30,35)/b12-8+/t22-,27?/m0/s1. The van der Waals surface area contributed by atoms with E-state index in [-0.39, 0.29) is 17.9 Å². The number of rotatable bonds is 6. The lowest BCUT2D eigenvalue weighted by Crippen LogP contribution is -2.56. The van der Waals surface area contributed by atoms with Crippen LogP contribution >= 0.6 is 0 Å². The highest BCUT2D eigenvalue weighted by atomic mass is 16.2. The Labute approximate surface area is 208 Å². The first-order valence-corrected chi connectivity index (χ1v) is 12.3. The fourth-order valence-electron chi connectivity index (χ4n) is 4.87. The molecule has 0 bridgehead atoms. The number of amides is 2. The quantitative estimate of drug-likeness (QED) is 0.624. The van der Waals surface area contributed by atoms with Gasteiger partial charge in [-0.2, -0.15) is 0 Å². The van der Waals surface area contributed by atoms with Crippen LogP contribution in [0.15, 0.2) is 48.7 Å². The van der Waals surface area contributed by atoms with Crippen molar-refractivity contribution < 1.29 is 9.59 Å². The highest BCUT2D eigenvalue weighted by Crippen LogP contribution is 2.39. The van der Waals surface area contributed by atoms with Crippen LogP contribution in [0.2, 0.25) is 0 Å². The predicted octanol–water partition coefficient (Wildman–Crippen LogP) is 3.14. The smallest absolute Gasteiger partial charge is 0.254 e. The highest BCUT2D eigenvalue weighted by molar-refractivity contribution is 5.95. The Balaban J connectivity index is 1.58. The second-order valence-corrected chi connectivity index (χ2v) is 9.68. The number of carbonyl (C=O) groups is 2. The predicted molar refractivity (Wildman–Crippen MR) is 139 cm³/mol. The molecule has 1 unspecified atom stereocenters. The zero-order valence-corrected chi connectivity index (χ0v) is 21.1. The first-order chi connectivity index (χ1) is 16.8. The van der Waals surface area contributed by atoms with Crippen molar-refractivity contribution in [1.82, 2.24) is 20.1 Å². The van der Waals surface area contributed by atoms with Gasteiger partial charge in [0.15, 0.2) is 6.29 Å². The Morgan fingerprint density at radius 2 is 2.06 bits per heavy atom. The SMILES string of the molecule is Cc1cc(C(=O)NC2Nc3cccc(C)c3N2[C@H]2CCCCN(C(=O)/C=C/CN(C)C)C2)ccn1. The number of likely N-dealkylation sites (tertiary alicyclic amines) is 1. The molecule has 1 fully saturated rings. The number of hydrogen-bond acceptors (Lipinski definition) is 6. The molecule has 1 aromatic heterocycles. The van der Waals surface area contributed by atoms with Crippen LogP contribution in [0, 0.1) is 13.8 Å². The number of para-hydroxylation sites is 1. The van der Waals surface area contributed by atoms with Crippen LogP contribution in [0.3, 0.4) is 0 Å². The number of nitrogens with zero attached hydrogens (tertiary/aromatic N) is 4. The number of anilines is 2. The molecule has 8 nitrogen and oxygen atoms in total. The molecule has 4 rings (SSSR count). The van der Waals surface area contributed by atoms with Crippen molar-refractivity contribution in [3.63, 3.8) is 0 Å². The van der Waals surface area contributed by atoms with Crippen molar-refractivity contribution >= 4 is 23.2 Å². The number of aryl methyl sites for hydroxylation is 2. The molecule has 2 aliphatic rings. The van der Waals surface area contributed by atoms with Gasteiger partial charge in [0, 0.05) is 43.2 Å². The summed E-state index contributed by atoms with van der Waals surface area (Å²) in [6.07, 6.45) is 7.80. The Kier molecular flexibility index (Phi) is 7.70. The monoisotopic (exact) mass is 476 g/mol. The Morgan fingerprint density at radius 1 is 1.23 bits per heavy atom. The molecule has 0 aliphatic carbocycles. The zero-order valence-electron chi connectivity index (χ0n) is 21.1. The summed E-state index contributed by atoms with van der Waals surface area (Å²) in [6.45, 7) is 6.06. The summed E-state index contributed by atoms with van der Waals surface area (Å²) >= 11 is 0. The summed E-state index contributed by atoms with van der Waals surface area (Å²) in [5.41, 5.74) is 4.60. The third kappa shape index (κ3) is 5.82. The molecule has 2 N–H and O–H groups in total. The van der Waals surface area contributed by atoms with Crippen LogP contribution in [0.1, 0.15) is 40.9 Å². The van der Waals surface area contributed by atoms with Crippen molar-refractivity contribution in [1.29, 1.82) is 0 Å². The minimum atomic E-state index is -0.406. The average molecular weight is 477 g/mol. The third-order valence-electron chi connectivity index (χ3n) is 6.58. The molecule has 3 heterocycles. The van der Waals surface area contributed by atoms with E-state index in [2.05, 4.69) is 33.5 Å². The van der Waals surface area contributed by atoms with Crippen LogP contribution in [-0.4, -0.2) is 72.7 Å². The molecular formula is C27H36N6O2. The van der Waals surface area contributed by atoms with Gasteiger partial charge in [-0.15, -0.1) is 0 Å². The fraction of sp³-hybridized carbons (Fsp3) is 0.444. The largest absolute Gasteiger partial charge is 0.347 e. The van der Waals surface area contributed by atoms with E-state index in [1.165, 1.54) is 0 Å². The molecule has 8 heteroatoms. The summed E-state index contributed by atoms with van der Waals surface area (Å²) in [7, 11) is 3.97. The number of carbonyl (C=O) groups excluding carboxylic acids is 2. The van der Waals surface area contributed by atoms with E-state index in [0.29, 0.717) is 12.1 Å². The van der Waals surface area contributed by atoms with Gasteiger partial charge in [-0.3, -0.25) is 14.6 Å². The maximum atomic E-state index is 13.1. The van der Waals surface area contributed by atoms with E-state index in [4.69, 9.17) is 0 Å². The topological polar surface area (TPSA) is 80.8 Å². The van der Waals surface area contributed by atoms with Crippen molar-refractivity contribution in [2.24, 2.45) is 0 Å². The molecule has 2 aromatic rings. The maximum absolute atomic E-state index is 13.1. The Morgan fingerprint density at radius 3 is 2.83 bits per heavy atom. The first kappa shape index (κ1) is 24.7. The summed E-state index contributed by atoms with van der Waals surface area (Å²) < 4.78 is 0. The summed E-state index contributed by atoms with van der Waals surface area (Å²) in [5.74, 6) is -0.111. The summed E-state index contributed by atoms with van der Waals surface area (Å²) in [5, 5.41) is 6.68. The van der Waals surface area contributed by atoms with Gasteiger partial charge in [-0.1, -0.05) is 18.2 Å². The lowest BCUT2D eigenvalue weighted by atomic mass is 10.1. The van der Waals surface area contributed by atoms with Crippen molar-refractivity contribution in [3.8, 4) is 0 Å². The van der Waals surface area contributed by atoms with Gasteiger partial charge >= 0.3 is 0 Å². The Hall–Kier alpha value is -3.39. The number of pyridine rings is 1. The number of likely N-dealkylation sites (N-methyl/N-ethyl adjacent to an activating group) is 1. The fourth-order valence-corrected chi connectivity index (χ4v) is 4.87. The van der Waals surface area contributed by atoms with Gasteiger partial charge in [0.2, 0.25) is 5.91 Å². The number of nitrogens with one attached hydrogen (secondary N) is 2. The second kappa shape index (κ2) is 10.9. The van der Waals surface area contributed by atoms with E-state index < -0.39 is 6.29 Å². The minimum absolute atomic E-state index is 0.0451. The van der Waals surface area contributed by atoms with E-state index >= 15 is 0 Å². The van der Waals surface area contributed by atoms with E-state index in [0.717, 1.165) is 55.0 Å². The average Bonchev–Trinajstić information content (AvgIpc) is 3.01. The first-order valence-electron chi connectivity index (χ1n) is 12.3. The molecule has 1 aromatic carbocycles. The van der Waals surface area contributed by atoms with Crippen LogP contribution < -0.4 is 15.5 Å². The normalized spacial score (nSPS) is 20.0. The van der Waals surface area contributed by atoms with Crippen LogP contribution in [0.5, 0.6) is 0 Å². The summed E-state index contributed by atoms with van der Waals surface area (Å²) in [4.78, 5) is 36.6. The van der Waals surface area contributed by atoms with E-state index in [1.54, 1.807) is 24.4 Å². The van der Waals surface area contributed by atoms with Crippen LogP contribution in [-0.2, 0) is 4.79 Å². The molecule has 186 valence electrons. The minimum Gasteiger partial charge on any atom is -0.347 e. The number of hydrogen-bond donors (Lipinski definition) is 2. The van der Waals surface area contributed by atoms with Gasteiger partial charge in [0.05, 0.1) is 17.4 Å². The van der Waals surface area contributed by atoms with Crippen LogP contribution in [0.4, 0.5) is 11.4 Å². The van der Waals surface area contributed by atoms with Gasteiger partial charge < -0.3 is 25.3 Å². The van der Waals surface area contributed by atoms with Crippen molar-refractivity contribution in [3.05, 3.63) is 65.5 Å². The summed E-state index contributed by atoms with van der Waals surface area (Å²) in [6, 6.07) is 9.75.